The van der Waals surface area contributed by atoms with Gasteiger partial charge in [-0.05, 0) is 45.0 Å². The summed E-state index contributed by atoms with van der Waals surface area (Å²) in [6.07, 6.45) is 1.49. The van der Waals surface area contributed by atoms with E-state index in [1.165, 1.54) is 29.5 Å². The van der Waals surface area contributed by atoms with Gasteiger partial charge in [-0.15, -0.1) is 11.3 Å². The first-order valence-corrected chi connectivity index (χ1v) is 7.65. The maximum atomic E-state index is 12.1. The van der Waals surface area contributed by atoms with Crippen molar-refractivity contribution in [3.63, 3.8) is 0 Å². The minimum absolute atomic E-state index is 0.0914. The van der Waals surface area contributed by atoms with Gasteiger partial charge in [-0.3, -0.25) is 10.1 Å². The standard InChI is InChI=1S/C16H16F2N2O2S/c1-9(2)8-13(21)19-16-20-14(10(3)23-16)11-4-6-12(7-5-11)22-15(17)18/h4-8,15H,1-3H3,(H,19,20,21). The highest BCUT2D eigenvalue weighted by Crippen LogP contribution is 2.31. The van der Waals surface area contributed by atoms with Crippen LogP contribution in [0.3, 0.4) is 0 Å². The number of amides is 1. The number of benzene rings is 1. The predicted octanol–water partition coefficient (Wildman–Crippen LogP) is 4.62. The third-order valence-electron chi connectivity index (χ3n) is 2.80. The normalized spacial score (nSPS) is 10.5. The van der Waals surface area contributed by atoms with E-state index in [0.717, 1.165) is 16.0 Å². The Morgan fingerprint density at radius 1 is 1.30 bits per heavy atom. The Morgan fingerprint density at radius 2 is 1.96 bits per heavy atom. The van der Waals surface area contributed by atoms with Crippen LogP contribution in [0.5, 0.6) is 5.75 Å². The molecule has 122 valence electrons. The van der Waals surface area contributed by atoms with Gasteiger partial charge in [0, 0.05) is 16.5 Å². The van der Waals surface area contributed by atoms with E-state index < -0.39 is 6.61 Å². The van der Waals surface area contributed by atoms with Crippen molar-refractivity contribution in [2.45, 2.75) is 27.4 Å². The molecule has 0 fully saturated rings. The summed E-state index contributed by atoms with van der Waals surface area (Å²) in [5.41, 5.74) is 2.36. The zero-order chi connectivity index (χ0) is 17.0. The number of carbonyl (C=O) groups is 1. The molecule has 1 N–H and O–H groups in total. The maximum absolute atomic E-state index is 12.1. The van der Waals surface area contributed by atoms with Crippen molar-refractivity contribution in [3.05, 3.63) is 40.8 Å². The molecule has 0 radical (unpaired) electrons. The first-order valence-electron chi connectivity index (χ1n) is 6.83. The van der Waals surface area contributed by atoms with Crippen molar-refractivity contribution in [1.29, 1.82) is 0 Å². The number of alkyl halides is 2. The quantitative estimate of drug-likeness (QED) is 0.809. The molecule has 0 aliphatic rings. The van der Waals surface area contributed by atoms with E-state index in [-0.39, 0.29) is 11.7 Å². The third kappa shape index (κ3) is 4.85. The van der Waals surface area contributed by atoms with Gasteiger partial charge in [-0.1, -0.05) is 5.57 Å². The lowest BCUT2D eigenvalue weighted by Gasteiger charge is -2.05. The average Bonchev–Trinajstić information content (AvgIpc) is 2.78. The summed E-state index contributed by atoms with van der Waals surface area (Å²) in [6, 6.07) is 6.23. The third-order valence-corrected chi connectivity index (χ3v) is 3.69. The van der Waals surface area contributed by atoms with Crippen LogP contribution < -0.4 is 10.1 Å². The van der Waals surface area contributed by atoms with Gasteiger partial charge in [0.05, 0.1) is 5.69 Å². The molecule has 0 saturated heterocycles. The Balaban J connectivity index is 2.17. The molecule has 23 heavy (non-hydrogen) atoms. The summed E-state index contributed by atoms with van der Waals surface area (Å²) < 4.78 is 28.6. The van der Waals surface area contributed by atoms with E-state index in [9.17, 15) is 13.6 Å². The molecule has 2 rings (SSSR count). The van der Waals surface area contributed by atoms with E-state index in [0.29, 0.717) is 10.8 Å². The minimum Gasteiger partial charge on any atom is -0.435 e. The number of thiazole rings is 1. The fourth-order valence-electron chi connectivity index (χ4n) is 1.92. The van der Waals surface area contributed by atoms with Crippen LogP contribution in [0.1, 0.15) is 18.7 Å². The van der Waals surface area contributed by atoms with E-state index in [4.69, 9.17) is 0 Å². The molecule has 2 aromatic rings. The fourth-order valence-corrected chi connectivity index (χ4v) is 2.75. The van der Waals surface area contributed by atoms with Crippen LogP contribution in [0, 0.1) is 6.92 Å². The topological polar surface area (TPSA) is 51.2 Å². The molecular formula is C16H16F2N2O2S. The van der Waals surface area contributed by atoms with Crippen molar-refractivity contribution in [3.8, 4) is 17.0 Å². The van der Waals surface area contributed by atoms with Crippen molar-refractivity contribution < 1.29 is 18.3 Å². The minimum atomic E-state index is -2.85. The van der Waals surface area contributed by atoms with Crippen LogP contribution in [0.2, 0.25) is 0 Å². The van der Waals surface area contributed by atoms with E-state index >= 15 is 0 Å². The predicted molar refractivity (Wildman–Crippen MR) is 87.0 cm³/mol. The Morgan fingerprint density at radius 3 is 2.52 bits per heavy atom. The summed E-state index contributed by atoms with van der Waals surface area (Å²) in [5, 5.41) is 3.20. The molecule has 7 heteroatoms. The monoisotopic (exact) mass is 338 g/mol. The number of aryl methyl sites for hydroxylation is 1. The summed E-state index contributed by atoms with van der Waals surface area (Å²) in [7, 11) is 0. The molecular weight excluding hydrogens is 322 g/mol. The van der Waals surface area contributed by atoms with Crippen LogP contribution in [0.4, 0.5) is 13.9 Å². The van der Waals surface area contributed by atoms with Crippen LogP contribution >= 0.6 is 11.3 Å². The first kappa shape index (κ1) is 17.1. The number of halogens is 2. The van der Waals surface area contributed by atoms with Gasteiger partial charge in [0.15, 0.2) is 5.13 Å². The van der Waals surface area contributed by atoms with Crippen molar-refractivity contribution in [2.24, 2.45) is 0 Å². The number of aromatic nitrogens is 1. The molecule has 0 atom stereocenters. The number of hydrogen-bond acceptors (Lipinski definition) is 4. The average molecular weight is 338 g/mol. The lowest BCUT2D eigenvalue weighted by Crippen LogP contribution is -2.07. The largest absolute Gasteiger partial charge is 0.435 e. The van der Waals surface area contributed by atoms with Crippen LogP contribution in [-0.2, 0) is 4.79 Å². The Hall–Kier alpha value is -2.28. The van der Waals surface area contributed by atoms with Gasteiger partial charge in [-0.25, -0.2) is 4.98 Å². The highest BCUT2D eigenvalue weighted by atomic mass is 32.1. The van der Waals surface area contributed by atoms with Gasteiger partial charge in [0.1, 0.15) is 5.75 Å². The Labute approximate surface area is 136 Å². The zero-order valence-electron chi connectivity index (χ0n) is 12.9. The maximum Gasteiger partial charge on any atom is 0.387 e. The van der Waals surface area contributed by atoms with Crippen LogP contribution in [0.15, 0.2) is 35.9 Å². The SMILES string of the molecule is CC(C)=CC(=O)Nc1nc(-c2ccc(OC(F)F)cc2)c(C)s1. The number of ether oxygens (including phenoxy) is 1. The van der Waals surface area contributed by atoms with Gasteiger partial charge < -0.3 is 4.74 Å². The molecule has 0 unspecified atom stereocenters. The van der Waals surface area contributed by atoms with Crippen molar-refractivity contribution >= 4 is 22.4 Å². The summed E-state index contributed by atoms with van der Waals surface area (Å²) >= 11 is 1.36. The van der Waals surface area contributed by atoms with E-state index in [1.807, 2.05) is 20.8 Å². The number of hydrogen-bond donors (Lipinski definition) is 1. The second kappa shape index (κ2) is 7.32. The second-order valence-electron chi connectivity index (χ2n) is 5.04. The molecule has 0 spiro atoms. The smallest absolute Gasteiger partial charge is 0.387 e. The summed E-state index contributed by atoms with van der Waals surface area (Å²) in [4.78, 5) is 17.0. The number of nitrogens with one attached hydrogen (secondary N) is 1. The first-order chi connectivity index (χ1) is 10.8. The molecule has 4 nitrogen and oxygen atoms in total. The van der Waals surface area contributed by atoms with Gasteiger partial charge >= 0.3 is 6.61 Å². The molecule has 1 aromatic heterocycles. The Bertz CT molecular complexity index is 720. The van der Waals surface area contributed by atoms with Crippen molar-refractivity contribution in [1.82, 2.24) is 4.98 Å². The van der Waals surface area contributed by atoms with E-state index in [2.05, 4.69) is 15.0 Å². The molecule has 1 aromatic carbocycles. The van der Waals surface area contributed by atoms with Gasteiger partial charge in [0.25, 0.3) is 0 Å². The molecule has 0 aliphatic heterocycles. The molecule has 1 amide bonds. The zero-order valence-corrected chi connectivity index (χ0v) is 13.7. The number of nitrogens with zero attached hydrogens (tertiary/aromatic N) is 1. The second-order valence-corrected chi connectivity index (χ2v) is 6.24. The number of carbonyl (C=O) groups excluding carboxylic acids is 1. The van der Waals surface area contributed by atoms with E-state index in [1.54, 1.807) is 12.1 Å². The van der Waals surface area contributed by atoms with Crippen molar-refractivity contribution in [2.75, 3.05) is 5.32 Å². The molecule has 1 heterocycles. The summed E-state index contributed by atoms with van der Waals surface area (Å²) in [5.74, 6) is -0.139. The summed E-state index contributed by atoms with van der Waals surface area (Å²) in [6.45, 7) is 2.70. The molecule has 0 aliphatic carbocycles. The number of allylic oxidation sites excluding steroid dienone is 1. The van der Waals surface area contributed by atoms with Gasteiger partial charge in [-0.2, -0.15) is 8.78 Å². The highest BCUT2D eigenvalue weighted by molar-refractivity contribution is 7.16. The lowest BCUT2D eigenvalue weighted by molar-refractivity contribution is -0.111. The number of rotatable bonds is 5. The van der Waals surface area contributed by atoms with Crippen LogP contribution in [0.25, 0.3) is 11.3 Å². The van der Waals surface area contributed by atoms with Gasteiger partial charge in [0.2, 0.25) is 5.91 Å². The lowest BCUT2D eigenvalue weighted by atomic mass is 10.1. The molecule has 0 saturated carbocycles. The number of anilines is 1. The Kier molecular flexibility index (Phi) is 5.44. The highest BCUT2D eigenvalue weighted by Gasteiger charge is 2.12. The fraction of sp³-hybridized carbons (Fsp3) is 0.250. The molecule has 0 bridgehead atoms. The van der Waals surface area contributed by atoms with Crippen LogP contribution in [-0.4, -0.2) is 17.5 Å².